The monoisotopic (exact) mass is 694 g/mol. The Morgan fingerprint density at radius 2 is 1.49 bits per heavy atom. The smallest absolute Gasteiger partial charge is 0.217 e. The first-order valence-electron chi connectivity index (χ1n) is 12.7. The van der Waals surface area contributed by atoms with E-state index in [0.29, 0.717) is 22.9 Å². The minimum absolute atomic E-state index is 0. The Bertz CT molecular complexity index is 1590. The van der Waals surface area contributed by atoms with Crippen molar-refractivity contribution < 1.29 is 30.9 Å². The quantitative estimate of drug-likeness (QED) is 0.187. The Morgan fingerprint density at radius 3 is 2.15 bits per heavy atom. The van der Waals surface area contributed by atoms with Crippen molar-refractivity contribution in [3.8, 4) is 51.0 Å². The number of rotatable bonds is 5. The van der Waals surface area contributed by atoms with Crippen LogP contribution < -0.4 is 4.74 Å². The molecule has 5 aromatic rings. The normalized spacial score (nSPS) is 11.1. The van der Waals surface area contributed by atoms with E-state index in [0.717, 1.165) is 27.9 Å². The van der Waals surface area contributed by atoms with E-state index in [9.17, 15) is 5.11 Å². The number of phenolic OH excluding ortho intramolecular Hbond substituents is 1. The molecule has 0 radical (unpaired) electrons. The third kappa shape index (κ3) is 6.29. The summed E-state index contributed by atoms with van der Waals surface area (Å²) in [6.45, 7) is 10.8. The fourth-order valence-corrected chi connectivity index (χ4v) is 4.60. The van der Waals surface area contributed by atoms with Crippen molar-refractivity contribution in [3.05, 3.63) is 114 Å². The molecule has 0 aliphatic heterocycles. The van der Waals surface area contributed by atoms with Crippen LogP contribution in [0.15, 0.2) is 91.1 Å². The van der Waals surface area contributed by atoms with Crippen molar-refractivity contribution in [1.29, 1.82) is 0 Å². The fraction of sp³-hybridized carbons (Fsp3) is 0.176. The summed E-state index contributed by atoms with van der Waals surface area (Å²) in [5, 5.41) is 10.7. The maximum atomic E-state index is 10.7. The van der Waals surface area contributed by atoms with Gasteiger partial charge in [-0.2, -0.15) is 0 Å². The molecule has 39 heavy (non-hydrogen) atoms. The second kappa shape index (κ2) is 11.6. The third-order valence-corrected chi connectivity index (χ3v) is 6.61. The molecule has 2 aromatic heterocycles. The van der Waals surface area contributed by atoms with Crippen LogP contribution in [-0.2, 0) is 26.5 Å². The van der Waals surface area contributed by atoms with E-state index < -0.39 is 0 Å². The molecular weight excluding hydrogens is 663 g/mol. The Hall–Kier alpha value is -3.75. The van der Waals surface area contributed by atoms with Gasteiger partial charge in [-0.1, -0.05) is 75.4 Å². The Morgan fingerprint density at radius 1 is 0.795 bits per heavy atom. The summed E-state index contributed by atoms with van der Waals surface area (Å²) in [6, 6.07) is 30.9. The Labute approximate surface area is 245 Å². The minimum Gasteiger partial charge on any atom is -0.507 e. The molecule has 0 aliphatic rings. The van der Waals surface area contributed by atoms with Crippen LogP contribution in [-0.4, -0.2) is 15.1 Å². The maximum Gasteiger partial charge on any atom is 0.217 e. The molecule has 0 fully saturated rings. The molecule has 0 aliphatic carbocycles. The van der Waals surface area contributed by atoms with Gasteiger partial charge in [0.1, 0.15) is 5.75 Å². The summed E-state index contributed by atoms with van der Waals surface area (Å²) in [6.07, 6.45) is 1.71. The van der Waals surface area contributed by atoms with Gasteiger partial charge in [0.05, 0.1) is 5.69 Å². The van der Waals surface area contributed by atoms with Gasteiger partial charge in [0.2, 0.25) is 5.88 Å². The molecule has 2 heterocycles. The number of hydrogen-bond donors (Lipinski definition) is 1. The summed E-state index contributed by atoms with van der Waals surface area (Å²) in [5.74, 6) is 1.28. The van der Waals surface area contributed by atoms with Crippen LogP contribution in [0.4, 0.5) is 0 Å². The summed E-state index contributed by atoms with van der Waals surface area (Å²) in [7, 11) is 0. The molecule has 5 rings (SSSR count). The number of aromatic nitrogens is 2. The molecule has 0 atom stereocenters. The topological polar surface area (TPSA) is 55.2 Å². The van der Waals surface area contributed by atoms with Crippen molar-refractivity contribution >= 4 is 0 Å². The molecule has 0 saturated carbocycles. The number of aryl methyl sites for hydroxylation is 2. The summed E-state index contributed by atoms with van der Waals surface area (Å²) >= 11 is 0. The van der Waals surface area contributed by atoms with Gasteiger partial charge in [0.15, 0.2) is 0 Å². The van der Waals surface area contributed by atoms with E-state index >= 15 is 0 Å². The van der Waals surface area contributed by atoms with Gasteiger partial charge in [-0.25, -0.2) is 4.98 Å². The van der Waals surface area contributed by atoms with Crippen molar-refractivity contribution in [3.63, 3.8) is 0 Å². The van der Waals surface area contributed by atoms with Crippen molar-refractivity contribution in [2.75, 3.05) is 0 Å². The van der Waals surface area contributed by atoms with Gasteiger partial charge in [-0.05, 0) is 71.5 Å². The van der Waals surface area contributed by atoms with Crippen LogP contribution in [0.5, 0.6) is 17.4 Å². The number of phenols is 1. The van der Waals surface area contributed by atoms with Crippen LogP contribution in [0.2, 0.25) is 0 Å². The van der Waals surface area contributed by atoms with E-state index in [1.165, 1.54) is 11.1 Å². The van der Waals surface area contributed by atoms with E-state index in [-0.39, 0.29) is 32.2 Å². The average Bonchev–Trinajstić information content (AvgIpc) is 2.89. The summed E-state index contributed by atoms with van der Waals surface area (Å²) in [4.78, 5) is 9.35. The number of pyridine rings is 2. The van der Waals surface area contributed by atoms with E-state index in [1.54, 1.807) is 12.3 Å². The van der Waals surface area contributed by atoms with Crippen molar-refractivity contribution in [2.45, 2.75) is 40.0 Å². The standard InChI is InChI=1S/C34H31N2O2.Pt/c1-22-11-10-12-23(2)33(22)25-19-29(36-30(20-25)28-13-6-7-14-31(28)37)24-17-26(34(3,4)5)21-27(18-24)38-32-15-8-9-16-35-32;/h6-17,19-21,37H,1-5H3;/q-1;. The Kier molecular flexibility index (Phi) is 8.37. The summed E-state index contributed by atoms with van der Waals surface area (Å²) < 4.78 is 6.13. The molecular formula is C34H31N2O2Pt-. The average molecular weight is 695 g/mol. The first kappa shape index (κ1) is 28.3. The largest absolute Gasteiger partial charge is 0.507 e. The number of ether oxygens (including phenoxy) is 1. The number of aromatic hydroxyl groups is 1. The van der Waals surface area contributed by atoms with Crippen LogP contribution in [0.3, 0.4) is 0 Å². The van der Waals surface area contributed by atoms with Gasteiger partial charge < -0.3 is 9.84 Å². The molecule has 0 bridgehead atoms. The van der Waals surface area contributed by atoms with Gasteiger partial charge in [-0.15, -0.1) is 17.2 Å². The molecule has 0 saturated heterocycles. The molecule has 0 amide bonds. The molecule has 200 valence electrons. The molecule has 3 aromatic carbocycles. The third-order valence-electron chi connectivity index (χ3n) is 6.61. The predicted octanol–water partition coefficient (Wildman–Crippen LogP) is 8.69. The molecule has 0 unspecified atom stereocenters. The van der Waals surface area contributed by atoms with Crippen molar-refractivity contribution in [1.82, 2.24) is 9.97 Å². The first-order chi connectivity index (χ1) is 18.2. The zero-order valence-electron chi connectivity index (χ0n) is 22.7. The number of benzene rings is 3. The first-order valence-corrected chi connectivity index (χ1v) is 12.7. The molecule has 1 N–H and O–H groups in total. The second-order valence-electron chi connectivity index (χ2n) is 10.6. The van der Waals surface area contributed by atoms with Crippen LogP contribution >= 0.6 is 0 Å². The van der Waals surface area contributed by atoms with Gasteiger partial charge in [0.25, 0.3) is 0 Å². The van der Waals surface area contributed by atoms with Gasteiger partial charge >= 0.3 is 0 Å². The minimum atomic E-state index is -0.128. The van der Waals surface area contributed by atoms with E-state index in [1.807, 2.05) is 48.5 Å². The van der Waals surface area contributed by atoms with Crippen LogP contribution in [0.25, 0.3) is 33.6 Å². The predicted molar refractivity (Wildman–Crippen MR) is 154 cm³/mol. The maximum absolute atomic E-state index is 10.7. The molecule has 0 spiro atoms. The zero-order chi connectivity index (χ0) is 26.9. The van der Waals surface area contributed by atoms with Gasteiger partial charge in [0, 0.05) is 44.6 Å². The second-order valence-corrected chi connectivity index (χ2v) is 10.6. The summed E-state index contributed by atoms with van der Waals surface area (Å²) in [5.41, 5.74) is 8.45. The van der Waals surface area contributed by atoms with E-state index in [2.05, 4.69) is 76.0 Å². The molecule has 5 heteroatoms. The van der Waals surface area contributed by atoms with Crippen LogP contribution in [0.1, 0.15) is 37.5 Å². The SMILES string of the molecule is Cc1cccc(C)c1-c1cc(-c2[c-]c(Oc3ccccn3)cc(C(C)(C)C)c2)nc(-c2ccccc2O)c1.[Pt]. The van der Waals surface area contributed by atoms with Crippen molar-refractivity contribution in [2.24, 2.45) is 0 Å². The zero-order valence-corrected chi connectivity index (χ0v) is 25.0. The van der Waals surface area contributed by atoms with Crippen LogP contribution in [0, 0.1) is 19.9 Å². The number of hydrogen-bond acceptors (Lipinski definition) is 4. The Balaban J connectivity index is 0.00000353. The van der Waals surface area contributed by atoms with Gasteiger partial charge in [-0.3, -0.25) is 4.98 Å². The number of para-hydroxylation sites is 1. The molecule has 4 nitrogen and oxygen atoms in total. The number of nitrogens with zero attached hydrogens (tertiary/aromatic N) is 2. The fourth-order valence-electron chi connectivity index (χ4n) is 4.60. The van der Waals surface area contributed by atoms with E-state index in [4.69, 9.17) is 9.72 Å².